The Morgan fingerprint density at radius 3 is 2.43 bits per heavy atom. The Hall–Kier alpha value is -2.06. The Morgan fingerprint density at radius 1 is 1.20 bits per heavy atom. The second-order valence-electron chi connectivity index (χ2n) is 7.81. The highest BCUT2D eigenvalue weighted by Crippen LogP contribution is 2.31. The first-order chi connectivity index (χ1) is 14.2. The van der Waals surface area contributed by atoms with Crippen LogP contribution >= 0.6 is 23.4 Å². The summed E-state index contributed by atoms with van der Waals surface area (Å²) in [5, 5.41) is 11.7. The minimum atomic E-state index is -0.859. The predicted octanol–water partition coefficient (Wildman–Crippen LogP) is 4.74. The van der Waals surface area contributed by atoms with Crippen LogP contribution in [0.4, 0.5) is 4.79 Å². The molecule has 2 rings (SSSR count). The van der Waals surface area contributed by atoms with Gasteiger partial charge in [0.2, 0.25) is 5.91 Å². The Bertz CT molecular complexity index is 854. The summed E-state index contributed by atoms with van der Waals surface area (Å²) in [6.07, 6.45) is 3.38. The number of imide groups is 1. The van der Waals surface area contributed by atoms with E-state index in [1.54, 1.807) is 0 Å². The summed E-state index contributed by atoms with van der Waals surface area (Å²) in [4.78, 5) is 23.6. The molecule has 3 N–H and O–H groups in total. The van der Waals surface area contributed by atoms with Crippen molar-refractivity contribution < 1.29 is 9.59 Å². The van der Waals surface area contributed by atoms with Crippen LogP contribution in [0.5, 0.6) is 0 Å². The molecule has 0 unspecified atom stereocenters. The molecule has 0 fully saturated rings. The maximum Gasteiger partial charge on any atom is 0.318 e. The number of aromatic nitrogens is 3. The number of hydrogen-bond acceptors (Lipinski definition) is 5. The number of nitrogens with one attached hydrogen (secondary N) is 1. The van der Waals surface area contributed by atoms with Gasteiger partial charge in [-0.3, -0.25) is 10.1 Å². The Morgan fingerprint density at radius 2 is 1.87 bits per heavy atom. The molecule has 2 atom stereocenters. The average Bonchev–Trinajstić information content (AvgIpc) is 3.06. The van der Waals surface area contributed by atoms with Crippen LogP contribution < -0.4 is 11.1 Å². The standard InChI is InChI=1S/C21H30ClN5O2S/c1-5-6-7-14(4)12-27-18(15-8-10-16(22)11-9-15)25-26-21(27)30-17(13(2)3)19(28)24-20(23)29/h8-11,13-14,17H,5-7,12H2,1-4H3,(H3,23,24,28,29)/t14-,17-/m1/s1. The van der Waals surface area contributed by atoms with Crippen molar-refractivity contribution in [1.82, 2.24) is 20.1 Å². The number of benzene rings is 1. The predicted molar refractivity (Wildman–Crippen MR) is 121 cm³/mol. The number of thioether (sulfide) groups is 1. The monoisotopic (exact) mass is 451 g/mol. The van der Waals surface area contributed by atoms with Crippen molar-refractivity contribution in [2.45, 2.75) is 63.9 Å². The van der Waals surface area contributed by atoms with E-state index >= 15 is 0 Å². The van der Waals surface area contributed by atoms with Gasteiger partial charge in [-0.15, -0.1) is 10.2 Å². The highest BCUT2D eigenvalue weighted by molar-refractivity contribution is 8.00. The van der Waals surface area contributed by atoms with Gasteiger partial charge in [-0.2, -0.15) is 0 Å². The number of nitrogens with zero attached hydrogens (tertiary/aromatic N) is 3. The number of hydrogen-bond donors (Lipinski definition) is 2. The van der Waals surface area contributed by atoms with Crippen molar-refractivity contribution in [3.05, 3.63) is 29.3 Å². The van der Waals surface area contributed by atoms with E-state index in [-0.39, 0.29) is 5.92 Å². The quantitative estimate of drug-likeness (QED) is 0.508. The van der Waals surface area contributed by atoms with Gasteiger partial charge in [-0.1, -0.05) is 63.9 Å². The zero-order valence-corrected chi connectivity index (χ0v) is 19.5. The normalized spacial score (nSPS) is 13.3. The van der Waals surface area contributed by atoms with E-state index in [0.29, 0.717) is 16.1 Å². The minimum Gasteiger partial charge on any atom is -0.351 e. The van der Waals surface area contributed by atoms with E-state index in [1.807, 2.05) is 38.1 Å². The van der Waals surface area contributed by atoms with Gasteiger partial charge < -0.3 is 10.3 Å². The minimum absolute atomic E-state index is 0.0315. The van der Waals surface area contributed by atoms with Gasteiger partial charge >= 0.3 is 6.03 Å². The SMILES string of the molecule is CCCC[C@@H](C)Cn1c(S[C@@H](C(=O)NC(N)=O)C(C)C)nnc1-c1ccc(Cl)cc1. The summed E-state index contributed by atoms with van der Waals surface area (Å²) < 4.78 is 2.06. The smallest absolute Gasteiger partial charge is 0.318 e. The molecule has 30 heavy (non-hydrogen) atoms. The molecule has 0 aliphatic carbocycles. The molecule has 164 valence electrons. The zero-order chi connectivity index (χ0) is 22.3. The molecule has 0 aliphatic heterocycles. The van der Waals surface area contributed by atoms with Gasteiger partial charge in [-0.25, -0.2) is 4.79 Å². The maximum atomic E-state index is 12.5. The molecule has 2 aromatic rings. The summed E-state index contributed by atoms with van der Waals surface area (Å²) in [5.41, 5.74) is 6.04. The van der Waals surface area contributed by atoms with Gasteiger partial charge in [0.15, 0.2) is 11.0 Å². The molecule has 3 amide bonds. The number of carbonyl (C=O) groups excluding carboxylic acids is 2. The molecular weight excluding hydrogens is 422 g/mol. The molecule has 7 nitrogen and oxygen atoms in total. The molecular formula is C21H30ClN5O2S. The largest absolute Gasteiger partial charge is 0.351 e. The summed E-state index contributed by atoms with van der Waals surface area (Å²) in [7, 11) is 0. The van der Waals surface area contributed by atoms with Crippen LogP contribution in [0.15, 0.2) is 29.4 Å². The lowest BCUT2D eigenvalue weighted by molar-refractivity contribution is -0.120. The number of amides is 3. The fourth-order valence-corrected chi connectivity index (χ4v) is 4.27. The van der Waals surface area contributed by atoms with Crippen LogP contribution in [0.1, 0.15) is 47.0 Å². The van der Waals surface area contributed by atoms with E-state index in [0.717, 1.165) is 37.2 Å². The Labute approximate surface area is 187 Å². The molecule has 0 bridgehead atoms. The van der Waals surface area contributed by atoms with Crippen LogP contribution in [0.25, 0.3) is 11.4 Å². The van der Waals surface area contributed by atoms with Crippen LogP contribution in [0.3, 0.4) is 0 Å². The number of carbonyl (C=O) groups is 2. The summed E-state index contributed by atoms with van der Waals surface area (Å²) >= 11 is 7.34. The number of unbranched alkanes of at least 4 members (excludes halogenated alkanes) is 1. The fourth-order valence-electron chi connectivity index (χ4n) is 3.11. The third-order valence-electron chi connectivity index (χ3n) is 4.71. The number of urea groups is 1. The van der Waals surface area contributed by atoms with Crippen LogP contribution in [-0.4, -0.2) is 32.0 Å². The molecule has 1 aromatic heterocycles. The third-order valence-corrected chi connectivity index (χ3v) is 6.48. The lowest BCUT2D eigenvalue weighted by Crippen LogP contribution is -2.42. The molecule has 0 aliphatic rings. The number of rotatable bonds is 10. The number of halogens is 1. The Balaban J connectivity index is 2.38. The number of nitrogens with two attached hydrogens (primary N) is 1. The van der Waals surface area contributed by atoms with Gasteiger partial charge in [-0.05, 0) is 42.5 Å². The second-order valence-corrected chi connectivity index (χ2v) is 9.35. The lowest BCUT2D eigenvalue weighted by Gasteiger charge is -2.20. The highest BCUT2D eigenvalue weighted by atomic mass is 35.5. The van der Waals surface area contributed by atoms with Gasteiger partial charge in [0.05, 0.1) is 5.25 Å². The molecule has 0 saturated carbocycles. The lowest BCUT2D eigenvalue weighted by atomic mass is 10.0. The van der Waals surface area contributed by atoms with E-state index < -0.39 is 17.2 Å². The molecule has 0 saturated heterocycles. The third kappa shape index (κ3) is 6.74. The molecule has 1 heterocycles. The van der Waals surface area contributed by atoms with Crippen molar-refractivity contribution in [3.8, 4) is 11.4 Å². The van der Waals surface area contributed by atoms with Crippen molar-refractivity contribution >= 4 is 35.3 Å². The van der Waals surface area contributed by atoms with Crippen LogP contribution in [0, 0.1) is 11.8 Å². The van der Waals surface area contributed by atoms with Crippen molar-refractivity contribution in [2.24, 2.45) is 17.6 Å². The van der Waals surface area contributed by atoms with Crippen molar-refractivity contribution in [1.29, 1.82) is 0 Å². The van der Waals surface area contributed by atoms with E-state index in [4.69, 9.17) is 17.3 Å². The van der Waals surface area contributed by atoms with Crippen LogP contribution in [-0.2, 0) is 11.3 Å². The molecule has 0 spiro atoms. The highest BCUT2D eigenvalue weighted by Gasteiger charge is 2.28. The molecule has 0 radical (unpaired) electrons. The average molecular weight is 452 g/mol. The van der Waals surface area contributed by atoms with Gasteiger partial charge in [0, 0.05) is 17.1 Å². The number of primary amides is 1. The summed E-state index contributed by atoms with van der Waals surface area (Å²) in [5.74, 6) is 0.693. The van der Waals surface area contributed by atoms with Gasteiger partial charge in [0.1, 0.15) is 0 Å². The zero-order valence-electron chi connectivity index (χ0n) is 17.9. The van der Waals surface area contributed by atoms with E-state index in [2.05, 4.69) is 33.9 Å². The second kappa shape index (κ2) is 11.4. The first kappa shape index (κ1) is 24.2. The summed E-state index contributed by atoms with van der Waals surface area (Å²) in [6, 6.07) is 6.60. The Kier molecular flexibility index (Phi) is 9.17. The van der Waals surface area contributed by atoms with Crippen LogP contribution in [0.2, 0.25) is 5.02 Å². The van der Waals surface area contributed by atoms with Gasteiger partial charge in [0.25, 0.3) is 0 Å². The molecule has 9 heteroatoms. The molecule has 1 aromatic carbocycles. The first-order valence-corrected chi connectivity index (χ1v) is 11.4. The van der Waals surface area contributed by atoms with Crippen molar-refractivity contribution in [2.75, 3.05) is 0 Å². The maximum absolute atomic E-state index is 12.5. The summed E-state index contributed by atoms with van der Waals surface area (Å²) in [6.45, 7) is 8.95. The van der Waals surface area contributed by atoms with E-state index in [1.165, 1.54) is 11.8 Å². The topological polar surface area (TPSA) is 103 Å². The van der Waals surface area contributed by atoms with E-state index in [9.17, 15) is 9.59 Å². The van der Waals surface area contributed by atoms with Crippen molar-refractivity contribution in [3.63, 3.8) is 0 Å². The first-order valence-electron chi connectivity index (χ1n) is 10.2. The fraction of sp³-hybridized carbons (Fsp3) is 0.524.